The van der Waals surface area contributed by atoms with Crippen LogP contribution in [-0.2, 0) is 6.18 Å². The van der Waals surface area contributed by atoms with Gasteiger partial charge in [0.25, 0.3) is 0 Å². The van der Waals surface area contributed by atoms with Crippen molar-refractivity contribution in [3.05, 3.63) is 78.4 Å². The van der Waals surface area contributed by atoms with Gasteiger partial charge in [-0.05, 0) is 78.7 Å². The molecule has 166 valence electrons. The van der Waals surface area contributed by atoms with Crippen LogP contribution in [0.15, 0.2) is 93.3 Å². The van der Waals surface area contributed by atoms with Crippen molar-refractivity contribution in [2.24, 2.45) is 26.4 Å². The number of azo groups is 2. The van der Waals surface area contributed by atoms with Crippen LogP contribution in [0.2, 0.25) is 0 Å². The van der Waals surface area contributed by atoms with Gasteiger partial charge in [0.05, 0.1) is 28.3 Å². The van der Waals surface area contributed by atoms with E-state index in [4.69, 9.17) is 5.11 Å². The Morgan fingerprint density at radius 3 is 1.47 bits per heavy atom. The maximum atomic E-state index is 12.6. The van der Waals surface area contributed by atoms with Crippen molar-refractivity contribution in [2.45, 2.75) is 13.1 Å². The minimum atomic E-state index is -4.38. The van der Waals surface area contributed by atoms with Gasteiger partial charge in [0.1, 0.15) is 0 Å². The molecule has 0 aliphatic heterocycles. The Kier molecular flexibility index (Phi) is 7.67. The van der Waals surface area contributed by atoms with Crippen LogP contribution in [0.5, 0.6) is 0 Å². The highest BCUT2D eigenvalue weighted by atomic mass is 19.4. The highest BCUT2D eigenvalue weighted by Gasteiger charge is 2.29. The molecule has 0 radical (unpaired) electrons. The van der Waals surface area contributed by atoms with Gasteiger partial charge in [0.2, 0.25) is 0 Å². The lowest BCUT2D eigenvalue weighted by Crippen LogP contribution is -2.14. The van der Waals surface area contributed by atoms with Crippen molar-refractivity contribution in [3.63, 3.8) is 0 Å². The molecule has 0 amide bonds. The number of anilines is 1. The fraction of sp³-hybridized carbons (Fsp3) is 0.217. The molecule has 0 aliphatic rings. The number of rotatable bonds is 8. The standard InChI is InChI=1S/C23H22F3N5O/c1-16(15-32)14-27-18-6-8-20(9-7-18)29-31-22-12-10-21(11-13-22)30-28-19-4-2-17(3-5-19)23(24,25)26/h2-13,16,27,32H,14-15H2,1H3/t16-/m1/s1. The van der Waals surface area contributed by atoms with Crippen LogP contribution in [0.25, 0.3) is 0 Å². The molecule has 0 spiro atoms. The van der Waals surface area contributed by atoms with Gasteiger partial charge in [0.15, 0.2) is 0 Å². The number of hydrogen-bond acceptors (Lipinski definition) is 6. The number of nitrogens with zero attached hydrogens (tertiary/aromatic N) is 4. The Balaban J connectivity index is 1.56. The SMILES string of the molecule is C[C@@H](CO)CNc1ccc(N=Nc2ccc(N=Nc3ccc(C(F)(F)F)cc3)cc2)cc1. The summed E-state index contributed by atoms with van der Waals surface area (Å²) in [7, 11) is 0. The molecule has 0 bridgehead atoms. The van der Waals surface area contributed by atoms with E-state index in [0.717, 1.165) is 17.8 Å². The van der Waals surface area contributed by atoms with Crippen LogP contribution >= 0.6 is 0 Å². The molecular formula is C23H22F3N5O. The highest BCUT2D eigenvalue weighted by Crippen LogP contribution is 2.31. The van der Waals surface area contributed by atoms with Gasteiger partial charge in [-0.2, -0.15) is 33.6 Å². The first-order valence-electron chi connectivity index (χ1n) is 9.89. The number of hydrogen-bond donors (Lipinski definition) is 2. The second-order valence-corrected chi connectivity index (χ2v) is 7.18. The van der Waals surface area contributed by atoms with Crippen molar-refractivity contribution in [2.75, 3.05) is 18.5 Å². The van der Waals surface area contributed by atoms with Gasteiger partial charge in [-0.3, -0.25) is 0 Å². The molecule has 9 heteroatoms. The third-order valence-electron chi connectivity index (χ3n) is 4.44. The summed E-state index contributed by atoms with van der Waals surface area (Å²) in [4.78, 5) is 0. The van der Waals surface area contributed by atoms with Crippen molar-refractivity contribution in [1.82, 2.24) is 0 Å². The topological polar surface area (TPSA) is 81.7 Å². The predicted octanol–water partition coefficient (Wildman–Crippen LogP) is 7.58. The van der Waals surface area contributed by atoms with Gasteiger partial charge in [-0.1, -0.05) is 6.92 Å². The number of aliphatic hydroxyl groups excluding tert-OH is 1. The van der Waals surface area contributed by atoms with E-state index in [1.807, 2.05) is 31.2 Å². The fourth-order valence-corrected chi connectivity index (χ4v) is 2.54. The minimum Gasteiger partial charge on any atom is -0.396 e. The minimum absolute atomic E-state index is 0.133. The van der Waals surface area contributed by atoms with Crippen LogP contribution in [-0.4, -0.2) is 18.3 Å². The van der Waals surface area contributed by atoms with E-state index in [-0.39, 0.29) is 12.5 Å². The van der Waals surface area contributed by atoms with Gasteiger partial charge >= 0.3 is 6.18 Å². The van der Waals surface area contributed by atoms with E-state index in [0.29, 0.717) is 29.3 Å². The fourth-order valence-electron chi connectivity index (χ4n) is 2.54. The average Bonchev–Trinajstić information content (AvgIpc) is 2.81. The molecule has 0 saturated heterocycles. The third kappa shape index (κ3) is 6.98. The molecule has 3 rings (SSSR count). The zero-order valence-corrected chi connectivity index (χ0v) is 17.3. The van der Waals surface area contributed by atoms with E-state index in [2.05, 4.69) is 25.8 Å². The zero-order chi connectivity index (χ0) is 23.0. The summed E-state index contributed by atoms with van der Waals surface area (Å²) in [5, 5.41) is 28.6. The average molecular weight is 441 g/mol. The normalized spacial score (nSPS) is 13.0. The Hall–Kier alpha value is -3.59. The molecule has 2 N–H and O–H groups in total. The van der Waals surface area contributed by atoms with Crippen molar-refractivity contribution < 1.29 is 18.3 Å². The van der Waals surface area contributed by atoms with E-state index in [9.17, 15) is 13.2 Å². The summed E-state index contributed by atoms with van der Waals surface area (Å²) < 4.78 is 37.8. The Bertz CT molecular complexity index is 1050. The number of aliphatic hydroxyl groups is 1. The molecule has 6 nitrogen and oxygen atoms in total. The summed E-state index contributed by atoms with van der Waals surface area (Å²) in [5.74, 6) is 0.173. The summed E-state index contributed by atoms with van der Waals surface area (Å²) in [6, 6.07) is 18.7. The van der Waals surface area contributed by atoms with Crippen molar-refractivity contribution in [3.8, 4) is 0 Å². The Labute approximate surface area is 183 Å². The lowest BCUT2D eigenvalue weighted by molar-refractivity contribution is -0.137. The van der Waals surface area contributed by atoms with E-state index < -0.39 is 11.7 Å². The zero-order valence-electron chi connectivity index (χ0n) is 17.3. The largest absolute Gasteiger partial charge is 0.416 e. The second-order valence-electron chi connectivity index (χ2n) is 7.18. The summed E-state index contributed by atoms with van der Waals surface area (Å²) in [5.41, 5.74) is 2.39. The first-order chi connectivity index (χ1) is 15.3. The molecule has 0 unspecified atom stereocenters. The maximum absolute atomic E-state index is 12.6. The monoisotopic (exact) mass is 441 g/mol. The molecule has 0 aliphatic carbocycles. The molecule has 0 heterocycles. The summed E-state index contributed by atoms with van der Waals surface area (Å²) in [6.45, 7) is 2.77. The lowest BCUT2D eigenvalue weighted by atomic mass is 10.2. The number of halogens is 3. The molecular weight excluding hydrogens is 419 g/mol. The van der Waals surface area contributed by atoms with Gasteiger partial charge in [-0.15, -0.1) is 0 Å². The molecule has 32 heavy (non-hydrogen) atoms. The van der Waals surface area contributed by atoms with Crippen LogP contribution in [0.1, 0.15) is 12.5 Å². The summed E-state index contributed by atoms with van der Waals surface area (Å²) in [6.07, 6.45) is -4.38. The van der Waals surface area contributed by atoms with E-state index in [1.54, 1.807) is 24.3 Å². The number of alkyl halides is 3. The number of nitrogens with one attached hydrogen (secondary N) is 1. The molecule has 0 saturated carbocycles. The van der Waals surface area contributed by atoms with Gasteiger partial charge in [-0.25, -0.2) is 0 Å². The van der Waals surface area contributed by atoms with Crippen LogP contribution in [0, 0.1) is 5.92 Å². The van der Waals surface area contributed by atoms with E-state index in [1.165, 1.54) is 12.1 Å². The predicted molar refractivity (Wildman–Crippen MR) is 117 cm³/mol. The Morgan fingerprint density at radius 2 is 1.09 bits per heavy atom. The molecule has 3 aromatic rings. The third-order valence-corrected chi connectivity index (χ3v) is 4.44. The van der Waals surface area contributed by atoms with Crippen molar-refractivity contribution in [1.29, 1.82) is 0 Å². The van der Waals surface area contributed by atoms with Crippen molar-refractivity contribution >= 4 is 28.4 Å². The maximum Gasteiger partial charge on any atom is 0.416 e. The van der Waals surface area contributed by atoms with Gasteiger partial charge < -0.3 is 10.4 Å². The molecule has 0 fully saturated rings. The molecule has 3 aromatic carbocycles. The quantitative estimate of drug-likeness (QED) is 0.353. The summed E-state index contributed by atoms with van der Waals surface area (Å²) >= 11 is 0. The van der Waals surface area contributed by atoms with Crippen LogP contribution in [0.4, 0.5) is 41.6 Å². The first kappa shape index (κ1) is 23.1. The highest BCUT2D eigenvalue weighted by molar-refractivity contribution is 5.52. The lowest BCUT2D eigenvalue weighted by Gasteiger charge is -2.10. The number of benzene rings is 3. The smallest absolute Gasteiger partial charge is 0.396 e. The Morgan fingerprint density at radius 1 is 0.719 bits per heavy atom. The van der Waals surface area contributed by atoms with Crippen LogP contribution < -0.4 is 5.32 Å². The molecule has 0 aromatic heterocycles. The van der Waals surface area contributed by atoms with E-state index >= 15 is 0 Å². The second kappa shape index (κ2) is 10.6. The molecule has 1 atom stereocenters. The van der Waals surface area contributed by atoms with Crippen LogP contribution in [0.3, 0.4) is 0 Å². The van der Waals surface area contributed by atoms with Gasteiger partial charge in [0, 0.05) is 18.8 Å². The first-order valence-corrected chi connectivity index (χ1v) is 9.89.